The summed E-state index contributed by atoms with van der Waals surface area (Å²) in [5, 5.41) is 0. The van der Waals surface area contributed by atoms with E-state index in [-0.39, 0.29) is 18.7 Å². The van der Waals surface area contributed by atoms with Crippen LogP contribution in [-0.4, -0.2) is 27.4 Å². The van der Waals surface area contributed by atoms with Crippen LogP contribution in [0.1, 0.15) is 13.3 Å². The highest BCUT2D eigenvalue weighted by Crippen LogP contribution is 2.34. The zero-order valence-electron chi connectivity index (χ0n) is 5.98. The number of Topliss-reactive ketones (excluding diaryl/α,β-unsaturated/α-hetero) is 1. The SMILES string of the molecule is CC(=O)[C@@H]1CC(F)(F)CN1I. The molecule has 11 heavy (non-hydrogen) atoms. The van der Waals surface area contributed by atoms with E-state index in [0.717, 1.165) is 0 Å². The molecule has 0 aromatic heterocycles. The average molecular weight is 275 g/mol. The lowest BCUT2D eigenvalue weighted by Gasteiger charge is -2.11. The third kappa shape index (κ3) is 2.08. The fourth-order valence-electron chi connectivity index (χ4n) is 1.12. The van der Waals surface area contributed by atoms with E-state index >= 15 is 0 Å². The van der Waals surface area contributed by atoms with E-state index in [9.17, 15) is 13.6 Å². The van der Waals surface area contributed by atoms with E-state index in [1.165, 1.54) is 10.0 Å². The Morgan fingerprint density at radius 1 is 1.73 bits per heavy atom. The maximum Gasteiger partial charge on any atom is 0.263 e. The Bertz CT molecular complexity index is 185. The molecule has 0 aromatic rings. The number of nitrogens with zero attached hydrogens (tertiary/aromatic N) is 1. The highest BCUT2D eigenvalue weighted by Gasteiger charge is 2.45. The van der Waals surface area contributed by atoms with Crippen LogP contribution in [0.15, 0.2) is 0 Å². The molecular formula is C6H8F2INO. The predicted octanol–water partition coefficient (Wildman–Crippen LogP) is 1.64. The molecule has 1 rings (SSSR count). The molecule has 1 heterocycles. The summed E-state index contributed by atoms with van der Waals surface area (Å²) in [6.45, 7) is 1.04. The fraction of sp³-hybridized carbons (Fsp3) is 0.833. The number of carbonyl (C=O) groups is 1. The van der Waals surface area contributed by atoms with Crippen LogP contribution in [0.25, 0.3) is 0 Å². The van der Waals surface area contributed by atoms with Gasteiger partial charge in [-0.3, -0.25) is 4.79 Å². The van der Waals surface area contributed by atoms with Crippen LogP contribution in [-0.2, 0) is 4.79 Å². The number of rotatable bonds is 1. The van der Waals surface area contributed by atoms with Gasteiger partial charge in [-0.15, -0.1) is 0 Å². The van der Waals surface area contributed by atoms with Gasteiger partial charge >= 0.3 is 0 Å². The first-order chi connectivity index (χ1) is 4.92. The molecule has 1 atom stereocenters. The number of halogens is 3. The summed E-state index contributed by atoms with van der Waals surface area (Å²) in [5.41, 5.74) is 0. The lowest BCUT2D eigenvalue weighted by molar-refractivity contribution is -0.120. The normalized spacial score (nSPS) is 30.7. The predicted molar refractivity (Wildman–Crippen MR) is 44.8 cm³/mol. The van der Waals surface area contributed by atoms with Gasteiger partial charge in [0.05, 0.1) is 12.6 Å². The van der Waals surface area contributed by atoms with E-state index in [0.29, 0.717) is 0 Å². The lowest BCUT2D eigenvalue weighted by atomic mass is 10.1. The molecule has 0 radical (unpaired) electrons. The largest absolute Gasteiger partial charge is 0.298 e. The van der Waals surface area contributed by atoms with Gasteiger partial charge in [-0.25, -0.2) is 11.9 Å². The molecule has 0 amide bonds. The van der Waals surface area contributed by atoms with Gasteiger partial charge < -0.3 is 0 Å². The summed E-state index contributed by atoms with van der Waals surface area (Å²) in [6.07, 6.45) is -0.328. The minimum absolute atomic E-state index is 0.184. The number of carbonyl (C=O) groups excluding carboxylic acids is 1. The first-order valence-corrected chi connectivity index (χ1v) is 4.19. The molecule has 1 fully saturated rings. The number of alkyl halides is 2. The van der Waals surface area contributed by atoms with E-state index in [2.05, 4.69) is 0 Å². The van der Waals surface area contributed by atoms with Crippen LogP contribution in [0.2, 0.25) is 0 Å². The molecule has 0 aromatic carbocycles. The maximum absolute atomic E-state index is 12.6. The number of ketones is 1. The van der Waals surface area contributed by atoms with Crippen molar-refractivity contribution in [2.45, 2.75) is 25.3 Å². The molecule has 5 heteroatoms. The molecule has 0 unspecified atom stereocenters. The van der Waals surface area contributed by atoms with E-state index in [4.69, 9.17) is 0 Å². The Morgan fingerprint density at radius 2 is 2.27 bits per heavy atom. The molecule has 2 nitrogen and oxygen atoms in total. The van der Waals surface area contributed by atoms with Crippen molar-refractivity contribution < 1.29 is 13.6 Å². The zero-order valence-corrected chi connectivity index (χ0v) is 8.14. The summed E-state index contributed by atoms with van der Waals surface area (Å²) >= 11 is 1.77. The summed E-state index contributed by atoms with van der Waals surface area (Å²) < 4.78 is 26.6. The van der Waals surface area contributed by atoms with Crippen molar-refractivity contribution in [3.8, 4) is 0 Å². The average Bonchev–Trinajstić information content (AvgIpc) is 2.05. The summed E-state index contributed by atoms with van der Waals surface area (Å²) in [7, 11) is 0. The van der Waals surface area contributed by atoms with Gasteiger partial charge in [0.15, 0.2) is 0 Å². The van der Waals surface area contributed by atoms with Crippen LogP contribution in [0.4, 0.5) is 8.78 Å². The fourth-order valence-corrected chi connectivity index (χ4v) is 2.21. The molecule has 0 N–H and O–H groups in total. The molecule has 0 bridgehead atoms. The Morgan fingerprint density at radius 3 is 2.45 bits per heavy atom. The van der Waals surface area contributed by atoms with Crippen LogP contribution in [0, 0.1) is 0 Å². The second-order valence-corrected chi connectivity index (χ2v) is 3.98. The quantitative estimate of drug-likeness (QED) is 0.535. The smallest absolute Gasteiger partial charge is 0.263 e. The van der Waals surface area contributed by atoms with Gasteiger partial charge in [0.2, 0.25) is 0 Å². The molecule has 0 aliphatic carbocycles. The molecular weight excluding hydrogens is 267 g/mol. The third-order valence-electron chi connectivity index (χ3n) is 1.68. The van der Waals surface area contributed by atoms with Crippen molar-refractivity contribution in [3.63, 3.8) is 0 Å². The molecule has 1 saturated heterocycles. The Labute approximate surface area is 77.4 Å². The van der Waals surface area contributed by atoms with Crippen molar-refractivity contribution in [3.05, 3.63) is 0 Å². The first kappa shape index (κ1) is 9.31. The lowest BCUT2D eigenvalue weighted by Crippen LogP contribution is -2.26. The number of hydrogen-bond donors (Lipinski definition) is 0. The van der Waals surface area contributed by atoms with Crippen LogP contribution < -0.4 is 0 Å². The van der Waals surface area contributed by atoms with E-state index in [1.54, 1.807) is 22.9 Å². The van der Waals surface area contributed by atoms with Gasteiger partial charge in [0.1, 0.15) is 5.78 Å². The van der Waals surface area contributed by atoms with Crippen LogP contribution >= 0.6 is 22.9 Å². The molecule has 0 saturated carbocycles. The van der Waals surface area contributed by atoms with Gasteiger partial charge in [-0.05, 0) is 6.92 Å². The Balaban J connectivity index is 2.66. The van der Waals surface area contributed by atoms with Crippen molar-refractivity contribution in [2.24, 2.45) is 0 Å². The van der Waals surface area contributed by atoms with E-state index < -0.39 is 12.0 Å². The van der Waals surface area contributed by atoms with Crippen molar-refractivity contribution >= 4 is 28.6 Å². The van der Waals surface area contributed by atoms with Gasteiger partial charge in [0.25, 0.3) is 5.92 Å². The zero-order chi connectivity index (χ0) is 8.65. The monoisotopic (exact) mass is 275 g/mol. The molecule has 1 aliphatic rings. The van der Waals surface area contributed by atoms with Crippen molar-refractivity contribution in [2.75, 3.05) is 6.54 Å². The van der Waals surface area contributed by atoms with Crippen molar-refractivity contribution in [1.29, 1.82) is 0 Å². The minimum Gasteiger partial charge on any atom is -0.298 e. The van der Waals surface area contributed by atoms with Crippen LogP contribution in [0.3, 0.4) is 0 Å². The third-order valence-corrected chi connectivity index (χ3v) is 2.70. The summed E-state index contributed by atoms with van der Waals surface area (Å²) in [6, 6.07) is -0.592. The van der Waals surface area contributed by atoms with E-state index in [1.807, 2.05) is 0 Å². The van der Waals surface area contributed by atoms with Gasteiger partial charge in [-0.2, -0.15) is 0 Å². The topological polar surface area (TPSA) is 20.3 Å². The maximum atomic E-state index is 12.6. The minimum atomic E-state index is -2.68. The molecule has 0 spiro atoms. The molecule has 64 valence electrons. The highest BCUT2D eigenvalue weighted by molar-refractivity contribution is 14.1. The summed E-state index contributed by atoms with van der Waals surface area (Å²) in [4.78, 5) is 10.8. The Kier molecular flexibility index (Phi) is 2.48. The second-order valence-electron chi connectivity index (χ2n) is 2.74. The second kappa shape index (κ2) is 2.93. The van der Waals surface area contributed by atoms with Crippen LogP contribution in [0.5, 0.6) is 0 Å². The number of hydrogen-bond acceptors (Lipinski definition) is 2. The van der Waals surface area contributed by atoms with Gasteiger partial charge in [0, 0.05) is 29.3 Å². The molecule has 1 aliphatic heterocycles. The van der Waals surface area contributed by atoms with Gasteiger partial charge in [-0.1, -0.05) is 0 Å². The van der Waals surface area contributed by atoms with Crippen molar-refractivity contribution in [1.82, 2.24) is 3.11 Å². The first-order valence-electron chi connectivity index (χ1n) is 3.23. The summed E-state index contributed by atoms with van der Waals surface area (Å²) in [5.74, 6) is -2.87. The standard InChI is InChI=1S/C6H8F2INO/c1-4(11)5-2-6(7,8)3-10(5)9/h5H,2-3H2,1H3/t5-/m0/s1. The highest BCUT2D eigenvalue weighted by atomic mass is 127. The Hall–Kier alpha value is 0.220.